The van der Waals surface area contributed by atoms with Crippen LogP contribution < -0.4 is 11.1 Å². The Morgan fingerprint density at radius 1 is 1.48 bits per heavy atom. The normalized spacial score (nSPS) is 21.2. The third-order valence-corrected chi connectivity index (χ3v) is 4.07. The summed E-state index contributed by atoms with van der Waals surface area (Å²) in [7, 11) is 0. The maximum absolute atomic E-state index is 13.3. The standard InChI is InChI=1S/C14H17FN4O.ClH/c15-9-4-5-12-11(6-9)13(19-18-12)17-14(20)10-3-1-2-8(10)7-16;/h4-6,8,10H,1-3,7,16H2,(H2,17,18,19,20);1H/t8-,10-;/m1./s1. The number of anilines is 1. The number of nitrogens with two attached hydrogens (primary N) is 1. The van der Waals surface area contributed by atoms with Crippen molar-refractivity contribution in [2.45, 2.75) is 19.3 Å². The number of hydrogen-bond donors (Lipinski definition) is 3. The molecular formula is C14H18ClFN4O. The Morgan fingerprint density at radius 2 is 2.29 bits per heavy atom. The summed E-state index contributed by atoms with van der Waals surface area (Å²) in [6.07, 6.45) is 2.87. The van der Waals surface area contributed by atoms with Crippen molar-refractivity contribution in [3.8, 4) is 0 Å². The van der Waals surface area contributed by atoms with Gasteiger partial charge in [0.1, 0.15) is 5.82 Å². The molecule has 3 rings (SSSR count). The fraction of sp³-hybridized carbons (Fsp3) is 0.429. The molecule has 21 heavy (non-hydrogen) atoms. The van der Waals surface area contributed by atoms with Crippen LogP contribution in [0, 0.1) is 17.7 Å². The predicted octanol–water partition coefficient (Wildman–Crippen LogP) is 2.44. The fourth-order valence-corrected chi connectivity index (χ4v) is 2.96. The van der Waals surface area contributed by atoms with Crippen molar-refractivity contribution in [1.82, 2.24) is 10.2 Å². The van der Waals surface area contributed by atoms with Crippen LogP contribution in [0.25, 0.3) is 10.9 Å². The van der Waals surface area contributed by atoms with E-state index >= 15 is 0 Å². The monoisotopic (exact) mass is 312 g/mol. The van der Waals surface area contributed by atoms with Gasteiger partial charge in [-0.05, 0) is 43.5 Å². The molecule has 1 amide bonds. The lowest BCUT2D eigenvalue weighted by Gasteiger charge is -2.16. The number of carbonyl (C=O) groups excluding carboxylic acids is 1. The third kappa shape index (κ3) is 3.01. The van der Waals surface area contributed by atoms with Crippen molar-refractivity contribution in [1.29, 1.82) is 0 Å². The highest BCUT2D eigenvalue weighted by Crippen LogP contribution is 2.32. The van der Waals surface area contributed by atoms with Crippen molar-refractivity contribution in [2.24, 2.45) is 17.6 Å². The van der Waals surface area contributed by atoms with Gasteiger partial charge < -0.3 is 11.1 Å². The van der Waals surface area contributed by atoms with E-state index < -0.39 is 0 Å². The van der Waals surface area contributed by atoms with Crippen LogP contribution in [0.1, 0.15) is 19.3 Å². The van der Waals surface area contributed by atoms with Crippen molar-refractivity contribution in [2.75, 3.05) is 11.9 Å². The topological polar surface area (TPSA) is 83.8 Å². The van der Waals surface area contributed by atoms with E-state index in [1.165, 1.54) is 12.1 Å². The molecule has 0 aliphatic heterocycles. The molecule has 1 fully saturated rings. The zero-order valence-electron chi connectivity index (χ0n) is 11.4. The molecule has 1 saturated carbocycles. The molecule has 0 spiro atoms. The van der Waals surface area contributed by atoms with Crippen LogP contribution in [-0.4, -0.2) is 22.6 Å². The Balaban J connectivity index is 0.00000161. The Morgan fingerprint density at radius 3 is 3.05 bits per heavy atom. The van der Waals surface area contributed by atoms with Crippen LogP contribution in [-0.2, 0) is 4.79 Å². The second kappa shape index (κ2) is 6.41. The molecule has 2 aromatic rings. The molecule has 0 bridgehead atoms. The number of carbonyl (C=O) groups is 1. The van der Waals surface area contributed by atoms with Gasteiger partial charge in [0.2, 0.25) is 5.91 Å². The maximum Gasteiger partial charge on any atom is 0.229 e. The van der Waals surface area contributed by atoms with E-state index in [1.54, 1.807) is 6.07 Å². The first-order valence-electron chi connectivity index (χ1n) is 6.83. The smallest absolute Gasteiger partial charge is 0.229 e. The quantitative estimate of drug-likeness (QED) is 0.814. The summed E-state index contributed by atoms with van der Waals surface area (Å²) in [5, 5.41) is 10.2. The van der Waals surface area contributed by atoms with Crippen molar-refractivity contribution in [3.05, 3.63) is 24.0 Å². The number of amides is 1. The van der Waals surface area contributed by atoms with Gasteiger partial charge in [-0.15, -0.1) is 12.4 Å². The number of rotatable bonds is 3. The molecule has 4 N–H and O–H groups in total. The molecular weight excluding hydrogens is 295 g/mol. The van der Waals surface area contributed by atoms with Gasteiger partial charge in [-0.2, -0.15) is 5.10 Å². The van der Waals surface area contributed by atoms with E-state index in [0.717, 1.165) is 19.3 Å². The Labute approximate surface area is 127 Å². The highest BCUT2D eigenvalue weighted by Gasteiger charge is 2.32. The summed E-state index contributed by atoms with van der Waals surface area (Å²) >= 11 is 0. The average Bonchev–Trinajstić information content (AvgIpc) is 3.05. The number of H-pyrrole nitrogens is 1. The van der Waals surface area contributed by atoms with E-state index in [4.69, 9.17) is 5.73 Å². The number of halogens is 2. The summed E-state index contributed by atoms with van der Waals surface area (Å²) in [5.41, 5.74) is 6.39. The van der Waals surface area contributed by atoms with Crippen molar-refractivity contribution < 1.29 is 9.18 Å². The van der Waals surface area contributed by atoms with Crippen LogP contribution in [0.2, 0.25) is 0 Å². The highest BCUT2D eigenvalue weighted by molar-refractivity contribution is 6.00. The first-order valence-corrected chi connectivity index (χ1v) is 6.83. The van der Waals surface area contributed by atoms with Crippen LogP contribution >= 0.6 is 12.4 Å². The molecule has 114 valence electrons. The number of hydrogen-bond acceptors (Lipinski definition) is 3. The fourth-order valence-electron chi connectivity index (χ4n) is 2.96. The lowest BCUT2D eigenvalue weighted by Crippen LogP contribution is -2.29. The maximum atomic E-state index is 13.3. The first kappa shape index (κ1) is 15.7. The molecule has 1 heterocycles. The molecule has 7 heteroatoms. The van der Waals surface area contributed by atoms with E-state index in [0.29, 0.717) is 23.3 Å². The van der Waals surface area contributed by atoms with Gasteiger partial charge in [-0.3, -0.25) is 9.89 Å². The van der Waals surface area contributed by atoms with Gasteiger partial charge in [-0.25, -0.2) is 4.39 Å². The van der Waals surface area contributed by atoms with Gasteiger partial charge >= 0.3 is 0 Å². The lowest BCUT2D eigenvalue weighted by molar-refractivity contribution is -0.120. The molecule has 2 atom stereocenters. The summed E-state index contributed by atoms with van der Waals surface area (Å²) in [6, 6.07) is 4.32. The van der Waals surface area contributed by atoms with E-state index in [-0.39, 0.29) is 36.0 Å². The number of nitrogens with zero attached hydrogens (tertiary/aromatic N) is 1. The van der Waals surface area contributed by atoms with Crippen LogP contribution in [0.4, 0.5) is 10.2 Å². The average molecular weight is 313 g/mol. The number of aromatic amines is 1. The molecule has 0 saturated heterocycles. The first-order chi connectivity index (χ1) is 9.69. The van der Waals surface area contributed by atoms with Gasteiger partial charge in [0, 0.05) is 11.3 Å². The molecule has 1 aliphatic rings. The van der Waals surface area contributed by atoms with Gasteiger partial charge in [-0.1, -0.05) is 6.42 Å². The van der Waals surface area contributed by atoms with E-state index in [1.807, 2.05) is 0 Å². The predicted molar refractivity (Wildman–Crippen MR) is 81.8 cm³/mol. The number of nitrogens with one attached hydrogen (secondary N) is 2. The lowest BCUT2D eigenvalue weighted by atomic mass is 9.95. The summed E-state index contributed by atoms with van der Waals surface area (Å²) < 4.78 is 13.3. The van der Waals surface area contributed by atoms with Crippen molar-refractivity contribution in [3.63, 3.8) is 0 Å². The summed E-state index contributed by atoms with van der Waals surface area (Å²) in [6.45, 7) is 0.522. The zero-order valence-corrected chi connectivity index (χ0v) is 12.3. The van der Waals surface area contributed by atoms with Crippen LogP contribution in [0.15, 0.2) is 18.2 Å². The Hall–Kier alpha value is -1.66. The van der Waals surface area contributed by atoms with E-state index in [9.17, 15) is 9.18 Å². The second-order valence-electron chi connectivity index (χ2n) is 5.28. The van der Waals surface area contributed by atoms with Crippen LogP contribution in [0.5, 0.6) is 0 Å². The number of aromatic nitrogens is 2. The van der Waals surface area contributed by atoms with Crippen LogP contribution in [0.3, 0.4) is 0 Å². The minimum atomic E-state index is -0.352. The third-order valence-electron chi connectivity index (χ3n) is 4.07. The molecule has 1 aliphatic carbocycles. The minimum Gasteiger partial charge on any atom is -0.330 e. The number of benzene rings is 1. The summed E-state index contributed by atoms with van der Waals surface area (Å²) in [4.78, 5) is 12.3. The second-order valence-corrected chi connectivity index (χ2v) is 5.28. The molecule has 1 aromatic heterocycles. The molecule has 0 radical (unpaired) electrons. The Bertz CT molecular complexity index is 645. The van der Waals surface area contributed by atoms with E-state index in [2.05, 4.69) is 15.5 Å². The van der Waals surface area contributed by atoms with Gasteiger partial charge in [0.05, 0.1) is 5.52 Å². The highest BCUT2D eigenvalue weighted by atomic mass is 35.5. The Kier molecular flexibility index (Phi) is 4.80. The summed E-state index contributed by atoms with van der Waals surface area (Å²) in [5.74, 6) is 0.120. The SMILES string of the molecule is Cl.NC[C@H]1CCC[C@H]1C(=O)Nc1n[nH]c2ccc(F)cc12. The largest absolute Gasteiger partial charge is 0.330 e. The number of fused-ring (bicyclic) bond motifs is 1. The molecule has 1 aromatic carbocycles. The molecule has 5 nitrogen and oxygen atoms in total. The van der Waals surface area contributed by atoms with Gasteiger partial charge in [0.15, 0.2) is 5.82 Å². The van der Waals surface area contributed by atoms with Gasteiger partial charge in [0.25, 0.3) is 0 Å². The minimum absolute atomic E-state index is 0. The molecule has 0 unspecified atom stereocenters. The zero-order chi connectivity index (χ0) is 14.1. The van der Waals surface area contributed by atoms with Crippen molar-refractivity contribution >= 4 is 35.0 Å².